The molecule has 1 aromatic rings. The molecule has 128 valence electrons. The van der Waals surface area contributed by atoms with Crippen LogP contribution in [0.4, 0.5) is 0 Å². The van der Waals surface area contributed by atoms with Gasteiger partial charge >= 0.3 is 0 Å². The number of fused-ring (bicyclic) bond motifs is 1. The minimum absolute atomic E-state index is 0.0827. The molecular formula is C17H19ClN2O4. The first-order valence-electron chi connectivity index (χ1n) is 7.86. The van der Waals surface area contributed by atoms with Gasteiger partial charge in [0.15, 0.2) is 11.5 Å². The largest absolute Gasteiger partial charge is 0.454 e. The molecular weight excluding hydrogens is 332 g/mol. The highest BCUT2D eigenvalue weighted by Gasteiger charge is 2.21. The van der Waals surface area contributed by atoms with Gasteiger partial charge in [-0.15, -0.1) is 0 Å². The fourth-order valence-electron chi connectivity index (χ4n) is 2.84. The van der Waals surface area contributed by atoms with Crippen molar-refractivity contribution in [2.24, 2.45) is 0 Å². The van der Waals surface area contributed by atoms with Crippen molar-refractivity contribution in [3.63, 3.8) is 0 Å². The van der Waals surface area contributed by atoms with Gasteiger partial charge in [0.2, 0.25) is 18.6 Å². The van der Waals surface area contributed by atoms with Gasteiger partial charge in [0.1, 0.15) is 0 Å². The number of likely N-dealkylation sites (tertiary alicyclic amines) is 1. The number of carbonyl (C=O) groups excluding carboxylic acids is 2. The molecule has 2 amide bonds. The van der Waals surface area contributed by atoms with Gasteiger partial charge < -0.3 is 19.7 Å². The Morgan fingerprint density at radius 1 is 1.29 bits per heavy atom. The van der Waals surface area contributed by atoms with E-state index >= 15 is 0 Å². The lowest BCUT2D eigenvalue weighted by atomic mass is 10.0. The highest BCUT2D eigenvalue weighted by molar-refractivity contribution is 6.32. The topological polar surface area (TPSA) is 67.9 Å². The summed E-state index contributed by atoms with van der Waals surface area (Å²) in [6, 6.07) is 3.60. The molecule has 0 bridgehead atoms. The van der Waals surface area contributed by atoms with Crippen LogP contribution >= 0.6 is 11.6 Å². The van der Waals surface area contributed by atoms with Crippen molar-refractivity contribution in [1.29, 1.82) is 0 Å². The Bertz CT molecular complexity index is 681. The number of piperidine rings is 1. The molecule has 0 aliphatic carbocycles. The van der Waals surface area contributed by atoms with Crippen LogP contribution < -0.4 is 14.8 Å². The molecule has 24 heavy (non-hydrogen) atoms. The Hall–Kier alpha value is -2.21. The van der Waals surface area contributed by atoms with Crippen molar-refractivity contribution in [2.75, 3.05) is 19.9 Å². The summed E-state index contributed by atoms with van der Waals surface area (Å²) in [5, 5.41) is 3.42. The molecule has 1 fully saturated rings. The SMILES string of the molecule is CC(=O)N1CCC(NC(=O)/C=C/c2cc(Cl)c3c(c2)OCO3)CC1. The molecule has 0 atom stereocenters. The number of nitrogens with one attached hydrogen (secondary N) is 1. The molecule has 0 radical (unpaired) electrons. The number of nitrogens with zero attached hydrogens (tertiary/aromatic N) is 1. The maximum Gasteiger partial charge on any atom is 0.244 e. The summed E-state index contributed by atoms with van der Waals surface area (Å²) in [6.45, 7) is 3.09. The number of halogens is 1. The Morgan fingerprint density at radius 2 is 2.04 bits per heavy atom. The quantitative estimate of drug-likeness (QED) is 0.849. The molecule has 1 saturated heterocycles. The summed E-state index contributed by atoms with van der Waals surface area (Å²) in [5.74, 6) is 1.04. The fourth-order valence-corrected chi connectivity index (χ4v) is 3.12. The van der Waals surface area contributed by atoms with E-state index in [1.807, 2.05) is 0 Å². The Labute approximate surface area is 145 Å². The zero-order valence-corrected chi connectivity index (χ0v) is 14.1. The van der Waals surface area contributed by atoms with E-state index in [1.54, 1.807) is 30.0 Å². The van der Waals surface area contributed by atoms with Crippen LogP contribution in [0.3, 0.4) is 0 Å². The number of benzene rings is 1. The normalized spacial score (nSPS) is 17.3. The van der Waals surface area contributed by atoms with Crippen molar-refractivity contribution in [3.8, 4) is 11.5 Å². The average molecular weight is 351 g/mol. The number of carbonyl (C=O) groups is 2. The number of hydrogen-bond acceptors (Lipinski definition) is 4. The van der Waals surface area contributed by atoms with Crippen LogP contribution in [-0.2, 0) is 9.59 Å². The smallest absolute Gasteiger partial charge is 0.244 e. The molecule has 1 N–H and O–H groups in total. The highest BCUT2D eigenvalue weighted by atomic mass is 35.5. The predicted octanol–water partition coefficient (Wildman–Crippen LogP) is 2.21. The number of ether oxygens (including phenoxy) is 2. The summed E-state index contributed by atoms with van der Waals surface area (Å²) in [6.07, 6.45) is 4.71. The molecule has 2 heterocycles. The van der Waals surface area contributed by atoms with Gasteiger partial charge in [0, 0.05) is 32.1 Å². The third-order valence-corrected chi connectivity index (χ3v) is 4.44. The minimum atomic E-state index is -0.162. The third kappa shape index (κ3) is 3.82. The molecule has 0 aromatic heterocycles. The van der Waals surface area contributed by atoms with E-state index in [4.69, 9.17) is 21.1 Å². The number of rotatable bonds is 3. The molecule has 6 nitrogen and oxygen atoms in total. The number of hydrogen-bond donors (Lipinski definition) is 1. The van der Waals surface area contributed by atoms with Crippen LogP contribution in [-0.4, -0.2) is 42.6 Å². The Morgan fingerprint density at radius 3 is 2.75 bits per heavy atom. The van der Waals surface area contributed by atoms with Gasteiger partial charge in [-0.25, -0.2) is 0 Å². The second-order valence-electron chi connectivity index (χ2n) is 5.86. The van der Waals surface area contributed by atoms with Crippen molar-refractivity contribution < 1.29 is 19.1 Å². The van der Waals surface area contributed by atoms with Gasteiger partial charge in [-0.3, -0.25) is 9.59 Å². The van der Waals surface area contributed by atoms with E-state index in [-0.39, 0.29) is 24.6 Å². The molecule has 0 unspecified atom stereocenters. The van der Waals surface area contributed by atoms with Crippen molar-refractivity contribution in [3.05, 3.63) is 28.8 Å². The Balaban J connectivity index is 1.55. The van der Waals surface area contributed by atoms with E-state index in [9.17, 15) is 9.59 Å². The zero-order valence-electron chi connectivity index (χ0n) is 13.4. The summed E-state index contributed by atoms with van der Waals surface area (Å²) >= 11 is 6.11. The first kappa shape index (κ1) is 16.6. The second kappa shape index (κ2) is 7.13. The fraction of sp³-hybridized carbons (Fsp3) is 0.412. The van der Waals surface area contributed by atoms with E-state index in [1.165, 1.54) is 6.08 Å². The van der Waals surface area contributed by atoms with Crippen LogP contribution in [0.1, 0.15) is 25.3 Å². The van der Waals surface area contributed by atoms with E-state index in [0.29, 0.717) is 29.6 Å². The summed E-state index contributed by atoms with van der Waals surface area (Å²) in [4.78, 5) is 25.1. The van der Waals surface area contributed by atoms with Crippen molar-refractivity contribution in [1.82, 2.24) is 10.2 Å². The molecule has 1 aromatic carbocycles. The highest BCUT2D eigenvalue weighted by Crippen LogP contribution is 2.40. The first-order chi connectivity index (χ1) is 11.5. The minimum Gasteiger partial charge on any atom is -0.454 e. The van der Waals surface area contributed by atoms with Crippen LogP contribution in [0, 0.1) is 0 Å². The Kier molecular flexibility index (Phi) is 4.94. The molecule has 0 spiro atoms. The monoisotopic (exact) mass is 350 g/mol. The lowest BCUT2D eigenvalue weighted by molar-refractivity contribution is -0.129. The zero-order chi connectivity index (χ0) is 17.1. The molecule has 0 saturated carbocycles. The van der Waals surface area contributed by atoms with E-state index < -0.39 is 0 Å². The van der Waals surface area contributed by atoms with Crippen LogP contribution in [0.2, 0.25) is 5.02 Å². The predicted molar refractivity (Wildman–Crippen MR) is 90.0 cm³/mol. The third-order valence-electron chi connectivity index (χ3n) is 4.16. The van der Waals surface area contributed by atoms with Crippen LogP contribution in [0.15, 0.2) is 18.2 Å². The van der Waals surface area contributed by atoms with Gasteiger partial charge in [-0.2, -0.15) is 0 Å². The van der Waals surface area contributed by atoms with Crippen LogP contribution in [0.25, 0.3) is 6.08 Å². The summed E-state index contributed by atoms with van der Waals surface area (Å²) < 4.78 is 10.6. The average Bonchev–Trinajstić information content (AvgIpc) is 3.02. The summed E-state index contributed by atoms with van der Waals surface area (Å²) in [7, 11) is 0. The lowest BCUT2D eigenvalue weighted by Crippen LogP contribution is -2.45. The van der Waals surface area contributed by atoms with Gasteiger partial charge in [-0.05, 0) is 36.6 Å². The van der Waals surface area contributed by atoms with E-state index in [2.05, 4.69) is 5.32 Å². The maximum absolute atomic E-state index is 12.1. The first-order valence-corrected chi connectivity index (χ1v) is 8.24. The second-order valence-corrected chi connectivity index (χ2v) is 6.27. The van der Waals surface area contributed by atoms with E-state index in [0.717, 1.165) is 18.4 Å². The maximum atomic E-state index is 12.1. The van der Waals surface area contributed by atoms with Gasteiger partial charge in [0.25, 0.3) is 0 Å². The summed E-state index contributed by atoms with van der Waals surface area (Å²) in [5.41, 5.74) is 0.769. The molecule has 2 aliphatic heterocycles. The molecule has 7 heteroatoms. The van der Waals surface area contributed by atoms with Gasteiger partial charge in [0.05, 0.1) is 5.02 Å². The number of amides is 2. The molecule has 3 rings (SSSR count). The van der Waals surface area contributed by atoms with Crippen LogP contribution in [0.5, 0.6) is 11.5 Å². The standard InChI is InChI=1S/C17H19ClN2O4/c1-11(21)20-6-4-13(5-7-20)19-16(22)3-2-12-8-14(18)17-15(9-12)23-10-24-17/h2-3,8-9,13H,4-7,10H2,1H3,(H,19,22)/b3-2+. The van der Waals surface area contributed by atoms with Crippen molar-refractivity contribution >= 4 is 29.5 Å². The van der Waals surface area contributed by atoms with Gasteiger partial charge in [-0.1, -0.05) is 11.6 Å². The van der Waals surface area contributed by atoms with Crippen molar-refractivity contribution in [2.45, 2.75) is 25.8 Å². The molecule has 2 aliphatic rings. The lowest BCUT2D eigenvalue weighted by Gasteiger charge is -2.31.